The molecule has 0 aliphatic heterocycles. The summed E-state index contributed by atoms with van der Waals surface area (Å²) in [6.07, 6.45) is 1.22. The Kier molecular flexibility index (Phi) is 12.0. The maximum absolute atomic E-state index is 12.7. The van der Waals surface area contributed by atoms with Crippen LogP contribution in [0.15, 0.2) is 48.5 Å². The molecule has 3 rings (SSSR count). The predicted molar refractivity (Wildman–Crippen MR) is 152 cm³/mol. The van der Waals surface area contributed by atoms with Gasteiger partial charge in [0, 0.05) is 24.9 Å². The Labute approximate surface area is 236 Å². The van der Waals surface area contributed by atoms with Gasteiger partial charge >= 0.3 is 12.1 Å². The van der Waals surface area contributed by atoms with Crippen molar-refractivity contribution in [1.29, 1.82) is 0 Å². The van der Waals surface area contributed by atoms with E-state index >= 15 is 0 Å². The molecule has 1 atom stereocenters. The van der Waals surface area contributed by atoms with Crippen LogP contribution >= 0.6 is 0 Å². The predicted octanol–water partition coefficient (Wildman–Crippen LogP) is 4.17. The summed E-state index contributed by atoms with van der Waals surface area (Å²) in [6, 6.07) is 16.4. The number of alkyl carbamates (subject to hydrolysis) is 1. The molecule has 2 aromatic rings. The number of rotatable bonds is 15. The Hall–Kier alpha value is -3.43. The number of nitrogens with one attached hydrogen (secondary N) is 2. The molecule has 2 aromatic carbocycles. The van der Waals surface area contributed by atoms with Gasteiger partial charge < -0.3 is 30.0 Å². The number of carbonyl (C=O) groups excluding carboxylic acids is 3. The summed E-state index contributed by atoms with van der Waals surface area (Å²) in [5.74, 6) is -1.23. The van der Waals surface area contributed by atoms with Gasteiger partial charge in [-0.05, 0) is 55.9 Å². The molecule has 2 amide bonds. The van der Waals surface area contributed by atoms with Gasteiger partial charge in [0.25, 0.3) is 0 Å². The fourth-order valence-electron chi connectivity index (χ4n) is 4.82. The van der Waals surface area contributed by atoms with E-state index in [9.17, 15) is 14.4 Å². The number of hydrogen-bond acceptors (Lipinski definition) is 7. The second kappa shape index (κ2) is 15.4. The largest absolute Gasteiger partial charge is 0.460 e. The van der Waals surface area contributed by atoms with Crippen LogP contribution < -0.4 is 10.6 Å². The highest BCUT2D eigenvalue weighted by Crippen LogP contribution is 2.44. The second-order valence-electron chi connectivity index (χ2n) is 10.9. The highest BCUT2D eigenvalue weighted by molar-refractivity contribution is 5.83. The summed E-state index contributed by atoms with van der Waals surface area (Å²) in [5, 5.41) is 14.4. The molecule has 0 heterocycles. The lowest BCUT2D eigenvalue weighted by molar-refractivity contribution is -0.157. The van der Waals surface area contributed by atoms with Crippen molar-refractivity contribution >= 4 is 18.0 Å². The van der Waals surface area contributed by atoms with E-state index in [1.807, 2.05) is 24.3 Å². The van der Waals surface area contributed by atoms with Gasteiger partial charge in [-0.3, -0.25) is 9.59 Å². The van der Waals surface area contributed by atoms with E-state index in [2.05, 4.69) is 34.9 Å². The molecule has 0 saturated heterocycles. The summed E-state index contributed by atoms with van der Waals surface area (Å²) in [5.41, 5.74) is 4.03. The van der Waals surface area contributed by atoms with Crippen molar-refractivity contribution in [3.05, 3.63) is 59.7 Å². The summed E-state index contributed by atoms with van der Waals surface area (Å²) >= 11 is 0. The minimum absolute atomic E-state index is 0.000635. The summed E-state index contributed by atoms with van der Waals surface area (Å²) in [7, 11) is 0. The van der Waals surface area contributed by atoms with Gasteiger partial charge in [-0.2, -0.15) is 0 Å². The van der Waals surface area contributed by atoms with Crippen LogP contribution in [-0.2, 0) is 23.8 Å². The van der Waals surface area contributed by atoms with E-state index in [0.29, 0.717) is 25.8 Å². The second-order valence-corrected chi connectivity index (χ2v) is 10.9. The number of carbonyl (C=O) groups is 3. The van der Waals surface area contributed by atoms with Crippen LogP contribution in [-0.4, -0.2) is 68.2 Å². The molecule has 218 valence electrons. The molecule has 3 N–H and O–H groups in total. The summed E-state index contributed by atoms with van der Waals surface area (Å²) in [4.78, 5) is 37.5. The zero-order chi connectivity index (χ0) is 29.0. The van der Waals surface area contributed by atoms with Crippen LogP contribution in [0.3, 0.4) is 0 Å². The fourth-order valence-corrected chi connectivity index (χ4v) is 4.82. The minimum Gasteiger partial charge on any atom is -0.460 e. The monoisotopic (exact) mass is 554 g/mol. The SMILES string of the molecule is CC(C)(C)OC(=O)C[C@@H](CCCCNC(=O)OCC1c2ccccc2-c2ccccc21)C(=O)NCCOCCO. The third-order valence-electron chi connectivity index (χ3n) is 6.58. The number of aliphatic hydroxyl groups is 1. The number of ether oxygens (including phenoxy) is 3. The molecule has 40 heavy (non-hydrogen) atoms. The number of benzene rings is 2. The van der Waals surface area contributed by atoms with Crippen LogP contribution in [0.2, 0.25) is 0 Å². The highest BCUT2D eigenvalue weighted by atomic mass is 16.6. The van der Waals surface area contributed by atoms with Gasteiger partial charge in [-0.15, -0.1) is 0 Å². The van der Waals surface area contributed by atoms with E-state index in [4.69, 9.17) is 19.3 Å². The van der Waals surface area contributed by atoms with Crippen LogP contribution in [0, 0.1) is 5.92 Å². The minimum atomic E-state index is -0.636. The molecule has 0 bridgehead atoms. The van der Waals surface area contributed by atoms with Crippen molar-refractivity contribution in [2.24, 2.45) is 5.92 Å². The molecular formula is C31H42N2O7. The molecule has 9 nitrogen and oxygen atoms in total. The van der Waals surface area contributed by atoms with Crippen LogP contribution in [0.25, 0.3) is 11.1 Å². The molecule has 0 saturated carbocycles. The normalized spacial score (nSPS) is 13.2. The highest BCUT2D eigenvalue weighted by Gasteiger charge is 2.29. The molecule has 0 radical (unpaired) electrons. The maximum Gasteiger partial charge on any atom is 0.407 e. The van der Waals surface area contributed by atoms with Crippen LogP contribution in [0.1, 0.15) is 63.5 Å². The number of fused-ring (bicyclic) bond motifs is 3. The standard InChI is InChI=1S/C31H42N2O7/c1-31(2,3)40-28(35)20-22(29(36)32-16-18-38-19-17-34)10-8-9-15-33-30(37)39-21-27-25-13-6-4-11-23(25)24-12-5-7-14-26(24)27/h4-7,11-14,22,27,34H,8-10,15-21H2,1-3H3,(H,32,36)(H,33,37)/t22-/m1/s1. The third-order valence-corrected chi connectivity index (χ3v) is 6.58. The average Bonchev–Trinajstić information content (AvgIpc) is 3.23. The molecule has 0 unspecified atom stereocenters. The zero-order valence-corrected chi connectivity index (χ0v) is 23.7. The molecule has 0 spiro atoms. The Balaban J connectivity index is 1.42. The lowest BCUT2D eigenvalue weighted by Crippen LogP contribution is -2.36. The number of aliphatic hydroxyl groups excluding tert-OH is 1. The number of hydrogen-bond donors (Lipinski definition) is 3. The molecule has 1 aliphatic carbocycles. The van der Waals surface area contributed by atoms with Gasteiger partial charge in [-0.25, -0.2) is 4.79 Å². The summed E-state index contributed by atoms with van der Waals surface area (Å²) in [6.45, 7) is 6.68. The van der Waals surface area contributed by atoms with E-state index in [1.54, 1.807) is 20.8 Å². The maximum atomic E-state index is 12.7. The molecule has 0 fully saturated rings. The first-order chi connectivity index (χ1) is 19.2. The fraction of sp³-hybridized carbons (Fsp3) is 0.516. The van der Waals surface area contributed by atoms with E-state index in [-0.39, 0.29) is 51.2 Å². The molecular weight excluding hydrogens is 512 g/mol. The number of amides is 2. The van der Waals surface area contributed by atoms with Gasteiger partial charge in [0.2, 0.25) is 5.91 Å². The quantitative estimate of drug-likeness (QED) is 0.223. The number of esters is 1. The Bertz CT molecular complexity index is 1080. The zero-order valence-electron chi connectivity index (χ0n) is 23.7. The van der Waals surface area contributed by atoms with E-state index < -0.39 is 23.6 Å². The first-order valence-corrected chi connectivity index (χ1v) is 14.0. The molecule has 1 aliphatic rings. The van der Waals surface area contributed by atoms with Crippen molar-refractivity contribution in [2.45, 2.75) is 58.0 Å². The van der Waals surface area contributed by atoms with Crippen molar-refractivity contribution in [3.63, 3.8) is 0 Å². The van der Waals surface area contributed by atoms with E-state index in [1.165, 1.54) is 11.1 Å². The Morgan fingerprint density at radius 3 is 2.17 bits per heavy atom. The average molecular weight is 555 g/mol. The Morgan fingerprint density at radius 2 is 1.55 bits per heavy atom. The Morgan fingerprint density at radius 1 is 0.900 bits per heavy atom. The van der Waals surface area contributed by atoms with Crippen LogP contribution in [0.4, 0.5) is 4.79 Å². The van der Waals surface area contributed by atoms with Crippen LogP contribution in [0.5, 0.6) is 0 Å². The van der Waals surface area contributed by atoms with Crippen molar-refractivity contribution in [1.82, 2.24) is 10.6 Å². The number of unbranched alkanes of at least 4 members (excludes halogenated alkanes) is 1. The van der Waals surface area contributed by atoms with E-state index in [0.717, 1.165) is 11.1 Å². The van der Waals surface area contributed by atoms with Crippen molar-refractivity contribution < 1.29 is 33.7 Å². The van der Waals surface area contributed by atoms with Gasteiger partial charge in [-0.1, -0.05) is 55.0 Å². The van der Waals surface area contributed by atoms with Gasteiger partial charge in [0.15, 0.2) is 0 Å². The first kappa shape index (κ1) is 31.1. The molecule has 0 aromatic heterocycles. The van der Waals surface area contributed by atoms with Gasteiger partial charge in [0.1, 0.15) is 12.2 Å². The van der Waals surface area contributed by atoms with Crippen molar-refractivity contribution in [2.75, 3.05) is 39.5 Å². The topological polar surface area (TPSA) is 123 Å². The lowest BCUT2D eigenvalue weighted by Gasteiger charge is -2.22. The lowest BCUT2D eigenvalue weighted by atomic mass is 9.97. The first-order valence-electron chi connectivity index (χ1n) is 14.0. The summed E-state index contributed by atoms with van der Waals surface area (Å²) < 4.78 is 16.2. The smallest absolute Gasteiger partial charge is 0.407 e. The van der Waals surface area contributed by atoms with Crippen molar-refractivity contribution in [3.8, 4) is 11.1 Å². The van der Waals surface area contributed by atoms with Gasteiger partial charge in [0.05, 0.1) is 26.2 Å². The third kappa shape index (κ3) is 9.64. The molecule has 9 heteroatoms.